The molecule has 0 radical (unpaired) electrons. The molecule has 22 heavy (non-hydrogen) atoms. The second kappa shape index (κ2) is 6.91. The minimum atomic E-state index is -3.68. The average molecular weight is 315 g/mol. The van der Waals surface area contributed by atoms with Gasteiger partial charge in [-0.1, -0.05) is 36.4 Å². The summed E-state index contributed by atoms with van der Waals surface area (Å²) in [5.41, 5.74) is 7.60. The van der Waals surface area contributed by atoms with Crippen LogP contribution in [0.15, 0.2) is 70.7 Å². The number of nitrogens with zero attached hydrogens (tertiary/aromatic N) is 1. The third kappa shape index (κ3) is 4.46. The maximum Gasteiger partial charge on any atom is 0.276 e. The highest BCUT2D eigenvalue weighted by Crippen LogP contribution is 2.11. The molecule has 5 nitrogen and oxygen atoms in total. The van der Waals surface area contributed by atoms with Crippen LogP contribution >= 0.6 is 0 Å². The number of rotatable bonds is 5. The molecule has 0 heterocycles. The second-order valence-corrected chi connectivity index (χ2v) is 6.32. The molecule has 0 fully saturated rings. The highest BCUT2D eigenvalue weighted by molar-refractivity contribution is 7.89. The van der Waals surface area contributed by atoms with Crippen LogP contribution in [0.4, 0.5) is 5.69 Å². The zero-order valence-corrected chi connectivity index (χ0v) is 12.9. The zero-order valence-electron chi connectivity index (χ0n) is 12.1. The maximum absolute atomic E-state index is 12.0. The van der Waals surface area contributed by atoms with E-state index < -0.39 is 10.0 Å². The van der Waals surface area contributed by atoms with Crippen molar-refractivity contribution in [1.29, 1.82) is 0 Å². The van der Waals surface area contributed by atoms with E-state index in [0.717, 1.165) is 5.56 Å². The Labute approximate surface area is 130 Å². The van der Waals surface area contributed by atoms with E-state index in [4.69, 9.17) is 5.73 Å². The van der Waals surface area contributed by atoms with Gasteiger partial charge in [0.1, 0.15) is 0 Å². The molecule has 0 aliphatic carbocycles. The van der Waals surface area contributed by atoms with E-state index in [-0.39, 0.29) is 4.90 Å². The first kappa shape index (κ1) is 15.8. The molecular formula is C16H17N3O2S. The van der Waals surface area contributed by atoms with Crippen LogP contribution in [0, 0.1) is 0 Å². The third-order valence-corrected chi connectivity index (χ3v) is 4.07. The highest BCUT2D eigenvalue weighted by atomic mass is 32.2. The molecule has 0 aromatic heterocycles. The van der Waals surface area contributed by atoms with Gasteiger partial charge in [0, 0.05) is 5.69 Å². The number of sulfonamides is 1. The average Bonchev–Trinajstić information content (AvgIpc) is 2.52. The smallest absolute Gasteiger partial charge is 0.276 e. The summed E-state index contributed by atoms with van der Waals surface area (Å²) in [6, 6.07) is 15.6. The molecule has 0 unspecified atom stereocenters. The van der Waals surface area contributed by atoms with Crippen molar-refractivity contribution in [2.45, 2.75) is 11.8 Å². The predicted molar refractivity (Wildman–Crippen MR) is 89.8 cm³/mol. The zero-order chi connectivity index (χ0) is 16.0. The molecule has 0 bridgehead atoms. The van der Waals surface area contributed by atoms with Gasteiger partial charge in [0.05, 0.1) is 10.6 Å². The lowest BCUT2D eigenvalue weighted by Crippen LogP contribution is -2.19. The van der Waals surface area contributed by atoms with Crippen molar-refractivity contribution in [3.63, 3.8) is 0 Å². The van der Waals surface area contributed by atoms with Crippen molar-refractivity contribution in [2.75, 3.05) is 5.73 Å². The Morgan fingerprint density at radius 1 is 1.09 bits per heavy atom. The lowest BCUT2D eigenvalue weighted by Gasteiger charge is -2.04. The number of hydrogen-bond acceptors (Lipinski definition) is 4. The minimum Gasteiger partial charge on any atom is -0.399 e. The monoisotopic (exact) mass is 315 g/mol. The molecule has 0 atom stereocenters. The largest absolute Gasteiger partial charge is 0.399 e. The van der Waals surface area contributed by atoms with Crippen LogP contribution in [0.3, 0.4) is 0 Å². The number of nitrogens with two attached hydrogens (primary N) is 1. The van der Waals surface area contributed by atoms with Crippen LogP contribution in [-0.4, -0.2) is 14.1 Å². The normalized spacial score (nSPS) is 12.5. The van der Waals surface area contributed by atoms with E-state index in [2.05, 4.69) is 9.93 Å². The summed E-state index contributed by atoms with van der Waals surface area (Å²) >= 11 is 0. The fraction of sp³-hybridized carbons (Fsp3) is 0.0625. The molecule has 2 rings (SSSR count). The molecule has 2 aromatic carbocycles. The van der Waals surface area contributed by atoms with Gasteiger partial charge >= 0.3 is 0 Å². The van der Waals surface area contributed by atoms with Crippen molar-refractivity contribution < 1.29 is 8.42 Å². The Balaban J connectivity index is 2.06. The first-order valence-electron chi connectivity index (χ1n) is 6.62. The fourth-order valence-electron chi connectivity index (χ4n) is 1.65. The number of hydrazone groups is 1. The quantitative estimate of drug-likeness (QED) is 0.505. The van der Waals surface area contributed by atoms with Crippen molar-refractivity contribution in [3.8, 4) is 0 Å². The fourth-order valence-corrected chi connectivity index (χ4v) is 2.51. The van der Waals surface area contributed by atoms with Crippen molar-refractivity contribution >= 4 is 27.5 Å². The van der Waals surface area contributed by atoms with Crippen LogP contribution in [-0.2, 0) is 10.0 Å². The summed E-state index contributed by atoms with van der Waals surface area (Å²) in [6.07, 6.45) is 3.59. The first-order valence-corrected chi connectivity index (χ1v) is 8.10. The summed E-state index contributed by atoms with van der Waals surface area (Å²) in [6.45, 7) is 1.71. The van der Waals surface area contributed by atoms with E-state index in [1.54, 1.807) is 13.0 Å². The van der Waals surface area contributed by atoms with E-state index in [1.165, 1.54) is 24.3 Å². The highest BCUT2D eigenvalue weighted by Gasteiger charge is 2.11. The van der Waals surface area contributed by atoms with Crippen molar-refractivity contribution in [1.82, 2.24) is 4.83 Å². The Kier molecular flexibility index (Phi) is 4.95. The molecule has 3 N–H and O–H groups in total. The van der Waals surface area contributed by atoms with E-state index >= 15 is 0 Å². The summed E-state index contributed by atoms with van der Waals surface area (Å²) in [4.78, 5) is 2.31. The van der Waals surface area contributed by atoms with Crippen LogP contribution in [0.25, 0.3) is 6.08 Å². The molecule has 0 spiro atoms. The number of nitrogen functional groups attached to an aromatic ring is 1. The van der Waals surface area contributed by atoms with E-state index in [9.17, 15) is 8.42 Å². The number of nitrogens with one attached hydrogen (secondary N) is 1. The second-order valence-electron chi connectivity index (χ2n) is 4.66. The summed E-state index contributed by atoms with van der Waals surface area (Å²) in [7, 11) is -3.68. The molecule has 0 aliphatic rings. The first-order chi connectivity index (χ1) is 10.5. The lowest BCUT2D eigenvalue weighted by atomic mass is 10.2. The third-order valence-electron chi connectivity index (χ3n) is 2.85. The van der Waals surface area contributed by atoms with Crippen LogP contribution < -0.4 is 10.6 Å². The molecule has 0 aliphatic heterocycles. The van der Waals surface area contributed by atoms with Gasteiger partial charge in [0.2, 0.25) is 0 Å². The number of hydrogen-bond donors (Lipinski definition) is 2. The van der Waals surface area contributed by atoms with Gasteiger partial charge < -0.3 is 5.73 Å². The standard InChI is InChI=1S/C16H17N3O2S/c1-13(7-8-14-5-3-2-4-6-14)18-19-22(20,21)16-11-9-15(17)10-12-16/h2-12,19H,17H2,1H3. The molecule has 6 heteroatoms. The van der Waals surface area contributed by atoms with Gasteiger partial charge in [-0.05, 0) is 42.8 Å². The lowest BCUT2D eigenvalue weighted by molar-refractivity contribution is 0.584. The SMILES string of the molecule is CC(C=Cc1ccccc1)=NNS(=O)(=O)c1ccc(N)cc1. The van der Waals surface area contributed by atoms with Crippen LogP contribution in [0.1, 0.15) is 12.5 Å². The number of anilines is 1. The van der Waals surface area contributed by atoms with Gasteiger partial charge in [-0.25, -0.2) is 0 Å². The van der Waals surface area contributed by atoms with Gasteiger partial charge in [-0.2, -0.15) is 18.4 Å². The van der Waals surface area contributed by atoms with Crippen molar-refractivity contribution in [2.24, 2.45) is 5.10 Å². The van der Waals surface area contributed by atoms with E-state index in [0.29, 0.717) is 11.4 Å². The maximum atomic E-state index is 12.0. The summed E-state index contributed by atoms with van der Waals surface area (Å²) in [5.74, 6) is 0. The molecular weight excluding hydrogens is 298 g/mol. The van der Waals surface area contributed by atoms with E-state index in [1.807, 2.05) is 36.4 Å². The van der Waals surface area contributed by atoms with Crippen LogP contribution in [0.5, 0.6) is 0 Å². The molecule has 114 valence electrons. The van der Waals surface area contributed by atoms with Crippen molar-refractivity contribution in [3.05, 3.63) is 66.2 Å². The Morgan fingerprint density at radius 3 is 2.36 bits per heavy atom. The van der Waals surface area contributed by atoms with Gasteiger partial charge in [0.15, 0.2) is 0 Å². The Hall–Kier alpha value is -2.60. The Bertz CT molecular complexity index is 780. The topological polar surface area (TPSA) is 84.5 Å². The minimum absolute atomic E-state index is 0.116. The van der Waals surface area contributed by atoms with Gasteiger partial charge in [0.25, 0.3) is 10.0 Å². The number of allylic oxidation sites excluding steroid dienone is 1. The predicted octanol–water partition coefficient (Wildman–Crippen LogP) is 2.64. The molecule has 0 amide bonds. The van der Waals surface area contributed by atoms with Gasteiger partial charge in [-0.3, -0.25) is 0 Å². The summed E-state index contributed by atoms with van der Waals surface area (Å²) in [5, 5.41) is 3.87. The van der Waals surface area contributed by atoms with Gasteiger partial charge in [-0.15, -0.1) is 0 Å². The molecule has 0 saturated heterocycles. The molecule has 2 aromatic rings. The number of benzene rings is 2. The van der Waals surface area contributed by atoms with Crippen LogP contribution in [0.2, 0.25) is 0 Å². The summed E-state index contributed by atoms with van der Waals surface area (Å²) < 4.78 is 24.1. The Morgan fingerprint density at radius 2 is 1.73 bits per heavy atom. The molecule has 0 saturated carbocycles.